The molecule has 0 saturated heterocycles. The molecule has 6 nitrogen and oxygen atoms in total. The number of hydrogen-bond donors (Lipinski definition) is 2. The summed E-state index contributed by atoms with van der Waals surface area (Å²) in [5.74, 6) is 0.636. The van der Waals surface area contributed by atoms with Gasteiger partial charge < -0.3 is 20.5 Å². The molecule has 2 aromatic carbocycles. The third kappa shape index (κ3) is 4.81. The molecule has 3 N–H and O–H groups in total. The van der Waals surface area contributed by atoms with Crippen molar-refractivity contribution in [2.24, 2.45) is 0 Å². The molecule has 3 rings (SSSR count). The number of nitrogens with one attached hydrogen (secondary N) is 1. The number of amides is 1. The van der Waals surface area contributed by atoms with E-state index in [2.05, 4.69) is 17.2 Å². The Morgan fingerprint density at radius 2 is 1.93 bits per heavy atom. The van der Waals surface area contributed by atoms with Crippen LogP contribution in [0.25, 0.3) is 0 Å². The number of rotatable bonds is 7. The number of nitrogens with zero attached hydrogens (tertiary/aromatic N) is 1. The zero-order valence-electron chi connectivity index (χ0n) is 16.5. The molecule has 0 aliphatic rings. The number of ether oxygens (including phenoxy) is 2. The van der Waals surface area contributed by atoms with Crippen LogP contribution in [0.4, 0.5) is 11.4 Å². The number of hydrogen-bond acceptors (Lipinski definition) is 6. The van der Waals surface area contributed by atoms with Gasteiger partial charge in [-0.3, -0.25) is 4.79 Å². The summed E-state index contributed by atoms with van der Waals surface area (Å²) < 4.78 is 10.6. The molecule has 152 valence electrons. The number of thioether (sulfide) groups is 1. The largest absolute Gasteiger partial charge is 0.493 e. The van der Waals surface area contributed by atoms with Gasteiger partial charge in [0.25, 0.3) is 5.91 Å². The molecule has 0 fully saturated rings. The van der Waals surface area contributed by atoms with Crippen LogP contribution in [0.2, 0.25) is 0 Å². The van der Waals surface area contributed by atoms with E-state index >= 15 is 0 Å². The van der Waals surface area contributed by atoms with Gasteiger partial charge in [0.05, 0.1) is 25.5 Å². The number of aromatic nitrogens is 1. The highest BCUT2D eigenvalue weighted by molar-refractivity contribution is 7.99. The molecule has 3 aromatic rings. The van der Waals surface area contributed by atoms with E-state index in [4.69, 9.17) is 15.2 Å². The van der Waals surface area contributed by atoms with Crippen LogP contribution in [0.1, 0.15) is 29.5 Å². The molecule has 0 aliphatic heterocycles. The molecular formula is C22H25N3O3S. The van der Waals surface area contributed by atoms with Crippen molar-refractivity contribution in [2.75, 3.05) is 25.3 Å². The lowest BCUT2D eigenvalue weighted by atomic mass is 10.1. The fraction of sp³-hybridized carbons (Fsp3) is 0.182. The highest BCUT2D eigenvalue weighted by Gasteiger charge is 2.17. The summed E-state index contributed by atoms with van der Waals surface area (Å²) >= 11 is 1.57. The molecule has 7 heteroatoms. The van der Waals surface area contributed by atoms with Crippen LogP contribution in [0.15, 0.2) is 65.8 Å². The lowest BCUT2D eigenvalue weighted by Crippen LogP contribution is -2.13. The molecule has 0 saturated carbocycles. The van der Waals surface area contributed by atoms with Crippen LogP contribution < -0.4 is 20.5 Å². The normalized spacial score (nSPS) is 11.6. The number of carbonyl (C=O) groups excluding carboxylic acids is 1. The maximum Gasteiger partial charge on any atom is 0.259 e. The second-order valence-electron chi connectivity index (χ2n) is 6.28. The van der Waals surface area contributed by atoms with E-state index in [1.807, 2.05) is 36.4 Å². The van der Waals surface area contributed by atoms with Crippen molar-refractivity contribution in [2.45, 2.75) is 17.2 Å². The van der Waals surface area contributed by atoms with Crippen LogP contribution >= 0.6 is 11.8 Å². The van der Waals surface area contributed by atoms with Crippen molar-refractivity contribution in [1.82, 2.24) is 4.98 Å². The van der Waals surface area contributed by atoms with Crippen molar-refractivity contribution in [3.63, 3.8) is 0 Å². The summed E-state index contributed by atoms with van der Waals surface area (Å²) in [5.41, 5.74) is 8.80. The highest BCUT2D eigenvalue weighted by Crippen LogP contribution is 2.37. The Bertz CT molecular complexity index is 1020. The highest BCUT2D eigenvalue weighted by atomic mass is 32.2. The third-order valence-corrected chi connectivity index (χ3v) is 5.54. The van der Waals surface area contributed by atoms with Crippen molar-refractivity contribution in [3.05, 3.63) is 71.9 Å². The van der Waals surface area contributed by atoms with Gasteiger partial charge in [0, 0.05) is 18.6 Å². The van der Waals surface area contributed by atoms with Gasteiger partial charge in [-0.05, 0) is 48.9 Å². The summed E-state index contributed by atoms with van der Waals surface area (Å²) in [6.07, 6.45) is 1.73. The van der Waals surface area contributed by atoms with Gasteiger partial charge in [-0.2, -0.15) is 0 Å². The van der Waals surface area contributed by atoms with Gasteiger partial charge in [0.1, 0.15) is 5.03 Å². The smallest absolute Gasteiger partial charge is 0.259 e. The number of carbonyl (C=O) groups is 1. The molecule has 1 aromatic heterocycles. The fourth-order valence-corrected chi connectivity index (χ4v) is 3.81. The standard InChI is InChI=1S/C22H23N3O3S.H2/c1-14(29-22-18(23)10-6-12-24-22)15-7-4-8-16(13-15)25-21(26)17-9-5-11-19(27-2)20(17)28-3;/h4-14H,23H2,1-3H3,(H,25,26);1H. The van der Waals surface area contributed by atoms with Crippen LogP contribution in [0.3, 0.4) is 0 Å². The fourth-order valence-electron chi connectivity index (χ4n) is 2.87. The lowest BCUT2D eigenvalue weighted by molar-refractivity contribution is 0.102. The first-order valence-electron chi connectivity index (χ1n) is 9.03. The van der Waals surface area contributed by atoms with Gasteiger partial charge >= 0.3 is 0 Å². The average Bonchev–Trinajstić information content (AvgIpc) is 2.74. The van der Waals surface area contributed by atoms with E-state index in [-0.39, 0.29) is 12.6 Å². The quantitative estimate of drug-likeness (QED) is 0.530. The number of pyridine rings is 1. The van der Waals surface area contributed by atoms with Gasteiger partial charge in [-0.15, -0.1) is 0 Å². The molecule has 1 unspecified atom stereocenters. The maximum absolute atomic E-state index is 12.8. The van der Waals surface area contributed by atoms with Gasteiger partial charge in [0.15, 0.2) is 11.5 Å². The summed E-state index contributed by atoms with van der Waals surface area (Å²) in [6.45, 7) is 2.07. The number of nitrogen functional groups attached to an aromatic ring is 1. The molecule has 0 spiro atoms. The summed E-state index contributed by atoms with van der Waals surface area (Å²) in [4.78, 5) is 17.1. The molecule has 0 aliphatic carbocycles. The molecule has 1 heterocycles. The second kappa shape index (κ2) is 9.34. The Kier molecular flexibility index (Phi) is 6.61. The molecule has 1 amide bonds. The van der Waals surface area contributed by atoms with Gasteiger partial charge in [-0.1, -0.05) is 30.0 Å². The van der Waals surface area contributed by atoms with Crippen LogP contribution in [-0.4, -0.2) is 25.1 Å². The molecule has 1 atom stereocenters. The minimum atomic E-state index is -0.271. The lowest BCUT2D eigenvalue weighted by Gasteiger charge is -2.15. The van der Waals surface area contributed by atoms with E-state index in [0.717, 1.165) is 10.6 Å². The van der Waals surface area contributed by atoms with Crippen LogP contribution in [-0.2, 0) is 0 Å². The zero-order chi connectivity index (χ0) is 20.8. The predicted octanol–water partition coefficient (Wildman–Crippen LogP) is 5.03. The number of anilines is 2. The van der Waals surface area contributed by atoms with E-state index in [0.29, 0.717) is 28.4 Å². The number of nitrogens with two attached hydrogens (primary N) is 1. The number of para-hydroxylation sites is 1. The Morgan fingerprint density at radius 1 is 1.14 bits per heavy atom. The first-order valence-corrected chi connectivity index (χ1v) is 9.91. The molecule has 29 heavy (non-hydrogen) atoms. The first-order chi connectivity index (χ1) is 14.0. The second-order valence-corrected chi connectivity index (χ2v) is 7.61. The van der Waals surface area contributed by atoms with Crippen molar-refractivity contribution in [3.8, 4) is 11.5 Å². The van der Waals surface area contributed by atoms with Crippen molar-refractivity contribution in [1.29, 1.82) is 0 Å². The Hall–Kier alpha value is -3.19. The summed E-state index contributed by atoms with van der Waals surface area (Å²) in [7, 11) is 3.05. The number of benzene rings is 2. The molecule has 0 bridgehead atoms. The maximum atomic E-state index is 12.8. The van der Waals surface area contributed by atoms with Crippen molar-refractivity contribution >= 4 is 29.0 Å². The van der Waals surface area contributed by atoms with E-state index in [1.54, 1.807) is 36.2 Å². The van der Waals surface area contributed by atoms with E-state index in [1.165, 1.54) is 14.2 Å². The third-order valence-electron chi connectivity index (χ3n) is 4.35. The Morgan fingerprint density at radius 3 is 2.66 bits per heavy atom. The molecule has 0 radical (unpaired) electrons. The topological polar surface area (TPSA) is 86.5 Å². The minimum Gasteiger partial charge on any atom is -0.493 e. The monoisotopic (exact) mass is 411 g/mol. The van der Waals surface area contributed by atoms with E-state index < -0.39 is 0 Å². The Labute approximate surface area is 175 Å². The summed E-state index contributed by atoms with van der Waals surface area (Å²) in [5, 5.41) is 3.83. The average molecular weight is 412 g/mol. The zero-order valence-corrected chi connectivity index (χ0v) is 17.3. The van der Waals surface area contributed by atoms with Crippen LogP contribution in [0.5, 0.6) is 11.5 Å². The predicted molar refractivity (Wildman–Crippen MR) is 119 cm³/mol. The van der Waals surface area contributed by atoms with E-state index in [9.17, 15) is 4.79 Å². The summed E-state index contributed by atoms with van der Waals surface area (Å²) in [6, 6.07) is 16.6. The SMILES string of the molecule is COc1cccc(C(=O)Nc2cccc(C(C)Sc3ncccc3N)c2)c1OC.[HH]. The van der Waals surface area contributed by atoms with Crippen molar-refractivity contribution < 1.29 is 15.7 Å². The number of methoxy groups -OCH3 is 2. The van der Waals surface area contributed by atoms with Gasteiger partial charge in [0.2, 0.25) is 0 Å². The van der Waals surface area contributed by atoms with Gasteiger partial charge in [-0.25, -0.2) is 4.98 Å². The molecular weight excluding hydrogens is 386 g/mol. The minimum absolute atomic E-state index is 0. The first kappa shape index (κ1) is 20.5. The Balaban J connectivity index is 0.00000320. The van der Waals surface area contributed by atoms with Crippen LogP contribution in [0, 0.1) is 0 Å².